The lowest BCUT2D eigenvalue weighted by Gasteiger charge is -2.03. The number of carbonyl (C=O) groups excluding carboxylic acids is 2. The minimum atomic E-state index is -0.383. The van der Waals surface area contributed by atoms with Crippen LogP contribution in [0, 0.1) is 6.92 Å². The first-order valence-electron chi connectivity index (χ1n) is 8.85. The summed E-state index contributed by atoms with van der Waals surface area (Å²) in [5.74, 6) is -0.383. The Kier molecular flexibility index (Phi) is 6.65. The fraction of sp³-hybridized carbons (Fsp3) is 0.182. The molecule has 144 valence electrons. The minimum absolute atomic E-state index is 0.00849. The monoisotopic (exact) mass is 411 g/mol. The summed E-state index contributed by atoms with van der Waals surface area (Å²) in [4.78, 5) is 26.5. The topological polar surface area (TPSA) is 47.8 Å². The van der Waals surface area contributed by atoms with Gasteiger partial charge in [0.15, 0.2) is 0 Å². The fourth-order valence-electron chi connectivity index (χ4n) is 2.85. The van der Waals surface area contributed by atoms with Gasteiger partial charge in [0.25, 0.3) is 0 Å². The van der Waals surface area contributed by atoms with Crippen molar-refractivity contribution in [3.63, 3.8) is 0 Å². The van der Waals surface area contributed by atoms with Crippen molar-refractivity contribution in [3.05, 3.63) is 71.6 Å². The summed E-state index contributed by atoms with van der Waals surface area (Å²) in [6.45, 7) is 4.13. The predicted molar refractivity (Wildman–Crippen MR) is 116 cm³/mol. The number of thioether (sulfide) groups is 2. The maximum Gasteiger partial charge on any atom is 0.330 e. The Bertz CT molecular complexity index is 1040. The highest BCUT2D eigenvalue weighted by atomic mass is 32.2. The lowest BCUT2D eigenvalue weighted by Crippen LogP contribution is -1.99. The molecule has 0 amide bonds. The largest absolute Gasteiger partial charge is 0.463 e. The molecule has 0 bridgehead atoms. The Morgan fingerprint density at radius 1 is 1.14 bits per heavy atom. The molecule has 3 rings (SSSR count). The van der Waals surface area contributed by atoms with Crippen LogP contribution in [0.25, 0.3) is 11.6 Å². The van der Waals surface area contributed by atoms with Crippen molar-refractivity contribution >= 4 is 46.2 Å². The molecule has 4 nitrogen and oxygen atoms in total. The third-order valence-electron chi connectivity index (χ3n) is 4.11. The molecule has 3 aromatic rings. The van der Waals surface area contributed by atoms with Gasteiger partial charge < -0.3 is 9.14 Å². The van der Waals surface area contributed by atoms with Gasteiger partial charge in [0.05, 0.1) is 22.7 Å². The number of pyridine rings is 1. The van der Waals surface area contributed by atoms with Crippen molar-refractivity contribution < 1.29 is 14.3 Å². The van der Waals surface area contributed by atoms with Gasteiger partial charge in [-0.05, 0) is 55.6 Å². The highest BCUT2D eigenvalue weighted by Gasteiger charge is 2.20. The number of aromatic nitrogens is 1. The van der Waals surface area contributed by atoms with Crippen molar-refractivity contribution in [2.24, 2.45) is 0 Å². The van der Waals surface area contributed by atoms with E-state index in [4.69, 9.17) is 4.74 Å². The van der Waals surface area contributed by atoms with Crippen LogP contribution >= 0.6 is 23.5 Å². The van der Waals surface area contributed by atoms with Crippen molar-refractivity contribution in [1.82, 2.24) is 4.40 Å². The molecule has 0 unspecified atom stereocenters. The molecule has 2 aromatic heterocycles. The van der Waals surface area contributed by atoms with Crippen LogP contribution in [0.5, 0.6) is 0 Å². The van der Waals surface area contributed by atoms with Gasteiger partial charge in [-0.25, -0.2) is 4.79 Å². The summed E-state index contributed by atoms with van der Waals surface area (Å²) in [5.41, 5.74) is 3.57. The van der Waals surface area contributed by atoms with E-state index in [-0.39, 0.29) is 11.1 Å². The summed E-state index contributed by atoms with van der Waals surface area (Å²) in [7, 11) is 0. The number of benzene rings is 1. The van der Waals surface area contributed by atoms with E-state index >= 15 is 0 Å². The molecule has 0 aliphatic heterocycles. The van der Waals surface area contributed by atoms with Crippen LogP contribution in [0.4, 0.5) is 0 Å². The van der Waals surface area contributed by atoms with E-state index < -0.39 is 0 Å². The third-order valence-corrected chi connectivity index (χ3v) is 6.10. The van der Waals surface area contributed by atoms with Crippen LogP contribution in [0.1, 0.15) is 28.5 Å². The Balaban J connectivity index is 2.09. The van der Waals surface area contributed by atoms with Gasteiger partial charge in [-0.2, -0.15) is 0 Å². The van der Waals surface area contributed by atoms with Gasteiger partial charge in [-0.3, -0.25) is 4.79 Å². The molecule has 6 heteroatoms. The first-order chi connectivity index (χ1) is 13.5. The van der Waals surface area contributed by atoms with Gasteiger partial charge in [-0.15, -0.1) is 11.8 Å². The van der Waals surface area contributed by atoms with Gasteiger partial charge in [0, 0.05) is 22.7 Å². The second-order valence-corrected chi connectivity index (χ2v) is 7.85. The number of nitrogens with zero attached hydrogens (tertiary/aromatic N) is 1. The zero-order chi connectivity index (χ0) is 20.1. The summed E-state index contributed by atoms with van der Waals surface area (Å²) >= 11 is 2.78. The van der Waals surface area contributed by atoms with E-state index in [1.54, 1.807) is 24.8 Å². The van der Waals surface area contributed by atoms with Gasteiger partial charge in [0.1, 0.15) is 0 Å². The summed E-state index contributed by atoms with van der Waals surface area (Å²) in [5, 5.41) is -0.00849. The van der Waals surface area contributed by atoms with E-state index in [1.165, 1.54) is 17.8 Å². The van der Waals surface area contributed by atoms with Gasteiger partial charge >= 0.3 is 5.97 Å². The Morgan fingerprint density at radius 2 is 1.89 bits per heavy atom. The molecular weight excluding hydrogens is 390 g/mol. The molecule has 0 aliphatic rings. The number of rotatable bonds is 6. The van der Waals surface area contributed by atoms with E-state index in [2.05, 4.69) is 6.07 Å². The highest BCUT2D eigenvalue weighted by Crippen LogP contribution is 2.40. The summed E-state index contributed by atoms with van der Waals surface area (Å²) in [6, 6.07) is 13.3. The number of carbonyl (C=O) groups is 2. The zero-order valence-corrected chi connectivity index (χ0v) is 17.6. The molecule has 0 saturated heterocycles. The average molecular weight is 412 g/mol. The van der Waals surface area contributed by atoms with Crippen LogP contribution in [0.2, 0.25) is 0 Å². The van der Waals surface area contributed by atoms with Gasteiger partial charge in [-0.1, -0.05) is 30.3 Å². The van der Waals surface area contributed by atoms with E-state index in [0.29, 0.717) is 12.2 Å². The second-order valence-electron chi connectivity index (χ2n) is 6.05. The number of hydrogen-bond donors (Lipinski definition) is 0. The molecule has 2 heterocycles. The van der Waals surface area contributed by atoms with E-state index in [0.717, 1.165) is 26.6 Å². The molecule has 0 radical (unpaired) electrons. The Hall–Kier alpha value is -2.44. The highest BCUT2D eigenvalue weighted by molar-refractivity contribution is 8.14. The molecule has 0 N–H and O–H groups in total. The molecule has 1 aromatic carbocycles. The van der Waals surface area contributed by atoms with E-state index in [1.807, 2.05) is 60.2 Å². The molecule has 0 aliphatic carbocycles. The standard InChI is InChI=1S/C22H21NO3S2/c1-4-26-19(24)11-10-17-20(27-3)21(18-14-15(2)12-13-23(17)18)28-22(25)16-8-6-5-7-9-16/h5-14H,4H2,1-3H3/b11-10+. The molecule has 28 heavy (non-hydrogen) atoms. The van der Waals surface area contributed by atoms with Crippen molar-refractivity contribution in [1.29, 1.82) is 0 Å². The number of hydrogen-bond acceptors (Lipinski definition) is 5. The number of ether oxygens (including phenoxy) is 1. The van der Waals surface area contributed by atoms with Crippen LogP contribution in [-0.2, 0) is 9.53 Å². The van der Waals surface area contributed by atoms with Crippen molar-refractivity contribution in [2.45, 2.75) is 23.6 Å². The van der Waals surface area contributed by atoms with E-state index in [9.17, 15) is 9.59 Å². The molecule has 0 spiro atoms. The lowest BCUT2D eigenvalue weighted by molar-refractivity contribution is -0.137. The Labute approximate surface area is 173 Å². The predicted octanol–water partition coefficient (Wildman–Crippen LogP) is 5.48. The first kappa shape index (κ1) is 20.3. The number of fused-ring (bicyclic) bond motifs is 1. The normalized spacial score (nSPS) is 11.2. The first-order valence-corrected chi connectivity index (χ1v) is 10.9. The number of aryl methyl sites for hydroxylation is 1. The minimum Gasteiger partial charge on any atom is -0.463 e. The lowest BCUT2D eigenvalue weighted by atomic mass is 10.2. The van der Waals surface area contributed by atoms with Crippen LogP contribution in [0.15, 0.2) is 64.5 Å². The SMILES string of the molecule is CCOC(=O)/C=C/c1c(SC)c(SC(=O)c2ccccc2)c2cc(C)ccn12. The number of esters is 1. The van der Waals surface area contributed by atoms with Crippen LogP contribution in [-0.4, -0.2) is 28.3 Å². The second kappa shape index (κ2) is 9.17. The summed E-state index contributed by atoms with van der Waals surface area (Å²) < 4.78 is 7.01. The summed E-state index contributed by atoms with van der Waals surface area (Å²) in [6.07, 6.45) is 7.12. The molecule has 0 saturated carbocycles. The molecule has 0 atom stereocenters. The maximum absolute atomic E-state index is 12.8. The smallest absolute Gasteiger partial charge is 0.330 e. The zero-order valence-electron chi connectivity index (χ0n) is 16.0. The Morgan fingerprint density at radius 3 is 2.57 bits per heavy atom. The van der Waals surface area contributed by atoms with Gasteiger partial charge in [0.2, 0.25) is 5.12 Å². The van der Waals surface area contributed by atoms with Crippen LogP contribution < -0.4 is 0 Å². The van der Waals surface area contributed by atoms with Crippen molar-refractivity contribution in [2.75, 3.05) is 12.9 Å². The third kappa shape index (κ3) is 4.34. The quantitative estimate of drug-likeness (QED) is 0.305. The average Bonchev–Trinajstić information content (AvgIpc) is 2.99. The molecule has 0 fully saturated rings. The maximum atomic E-state index is 12.8. The fourth-order valence-corrected chi connectivity index (χ4v) is 4.79. The van der Waals surface area contributed by atoms with Crippen LogP contribution in [0.3, 0.4) is 0 Å². The molecular formula is C22H21NO3S2. The van der Waals surface area contributed by atoms with Crippen molar-refractivity contribution in [3.8, 4) is 0 Å².